The molecule has 1 saturated carbocycles. The molecule has 0 saturated heterocycles. The molecule has 1 aromatic carbocycles. The van der Waals surface area contributed by atoms with E-state index in [2.05, 4.69) is 25.1 Å². The zero-order valence-corrected chi connectivity index (χ0v) is 18.4. The highest BCUT2D eigenvalue weighted by Crippen LogP contribution is 2.56. The van der Waals surface area contributed by atoms with Crippen molar-refractivity contribution < 1.29 is 13.2 Å². The molecule has 0 spiro atoms. The lowest BCUT2D eigenvalue weighted by Crippen LogP contribution is -2.23. The van der Waals surface area contributed by atoms with Crippen molar-refractivity contribution in [3.63, 3.8) is 0 Å². The predicted molar refractivity (Wildman–Crippen MR) is 121 cm³/mol. The van der Waals surface area contributed by atoms with Crippen LogP contribution in [0, 0.1) is 0 Å². The van der Waals surface area contributed by atoms with Gasteiger partial charge in [-0.05, 0) is 42.0 Å². The topological polar surface area (TPSA) is 114 Å². The SMILES string of the molecule is O=c1[nH]cc(-c2cc([C@H]3C[C@@H]3c3ccc4c(Cl)nn(CC(F)(F)F)c4c3)c3nccn3n2)c(=O)[nH]1. The van der Waals surface area contributed by atoms with E-state index >= 15 is 0 Å². The summed E-state index contributed by atoms with van der Waals surface area (Å²) in [7, 11) is 0. The van der Waals surface area contributed by atoms with Gasteiger partial charge in [0, 0.05) is 29.5 Å². The number of imidazole rings is 1. The van der Waals surface area contributed by atoms with Crippen molar-refractivity contribution in [1.29, 1.82) is 0 Å². The van der Waals surface area contributed by atoms with Crippen LogP contribution in [-0.2, 0) is 6.54 Å². The van der Waals surface area contributed by atoms with Gasteiger partial charge in [0.1, 0.15) is 6.54 Å². The average Bonchev–Trinajstić information content (AvgIpc) is 3.34. The number of nitrogens with zero attached hydrogens (tertiary/aromatic N) is 5. The number of hydrogen-bond acceptors (Lipinski definition) is 5. The minimum Gasteiger partial charge on any atom is -0.313 e. The second kappa shape index (κ2) is 7.54. The quantitative estimate of drug-likeness (QED) is 0.390. The summed E-state index contributed by atoms with van der Waals surface area (Å²) >= 11 is 6.06. The molecule has 0 aliphatic heterocycles. The number of hydrogen-bond donors (Lipinski definition) is 2. The Morgan fingerprint density at radius 2 is 1.97 bits per heavy atom. The van der Waals surface area contributed by atoms with Gasteiger partial charge in [-0.2, -0.15) is 23.4 Å². The van der Waals surface area contributed by atoms with Gasteiger partial charge in [0.05, 0.1) is 16.8 Å². The van der Waals surface area contributed by atoms with Gasteiger partial charge in [0.25, 0.3) is 5.56 Å². The van der Waals surface area contributed by atoms with E-state index in [1.165, 1.54) is 6.20 Å². The van der Waals surface area contributed by atoms with Crippen LogP contribution in [0.3, 0.4) is 0 Å². The van der Waals surface area contributed by atoms with E-state index in [1.54, 1.807) is 35.1 Å². The molecule has 2 N–H and O–H groups in total. The number of fused-ring (bicyclic) bond motifs is 2. The van der Waals surface area contributed by atoms with Crippen LogP contribution in [0.4, 0.5) is 13.2 Å². The zero-order valence-electron chi connectivity index (χ0n) is 17.7. The molecule has 13 heteroatoms. The van der Waals surface area contributed by atoms with Gasteiger partial charge in [-0.3, -0.25) is 14.5 Å². The van der Waals surface area contributed by atoms with E-state index in [0.717, 1.165) is 22.2 Å². The van der Waals surface area contributed by atoms with E-state index in [-0.39, 0.29) is 22.6 Å². The Morgan fingerprint density at radius 1 is 1.14 bits per heavy atom. The largest absolute Gasteiger partial charge is 0.408 e. The third kappa shape index (κ3) is 3.79. The van der Waals surface area contributed by atoms with Gasteiger partial charge in [-0.1, -0.05) is 17.7 Å². The fourth-order valence-electron chi connectivity index (χ4n) is 4.52. The van der Waals surface area contributed by atoms with Crippen LogP contribution in [0.15, 0.2) is 52.4 Å². The smallest absolute Gasteiger partial charge is 0.313 e. The molecule has 6 rings (SSSR count). The predicted octanol–water partition coefficient (Wildman–Crippen LogP) is 3.61. The maximum atomic E-state index is 13.0. The molecule has 1 aliphatic carbocycles. The van der Waals surface area contributed by atoms with Crippen LogP contribution in [0.5, 0.6) is 0 Å². The van der Waals surface area contributed by atoms with Crippen molar-refractivity contribution in [2.45, 2.75) is 31.0 Å². The second-order valence-corrected chi connectivity index (χ2v) is 8.81. The van der Waals surface area contributed by atoms with Gasteiger partial charge in [-0.15, -0.1) is 0 Å². The molecule has 0 radical (unpaired) electrons. The Morgan fingerprint density at radius 3 is 2.74 bits per heavy atom. The van der Waals surface area contributed by atoms with E-state index in [1.807, 2.05) is 6.07 Å². The number of nitrogens with one attached hydrogen (secondary N) is 2. The lowest BCUT2D eigenvalue weighted by molar-refractivity contribution is -0.141. The Bertz CT molecular complexity index is 1730. The van der Waals surface area contributed by atoms with Crippen molar-refractivity contribution in [2.24, 2.45) is 0 Å². The first-order chi connectivity index (χ1) is 16.7. The molecule has 1 aliphatic rings. The normalized spacial score (nSPS) is 17.9. The summed E-state index contributed by atoms with van der Waals surface area (Å²) in [4.78, 5) is 32.7. The number of H-pyrrole nitrogens is 2. The van der Waals surface area contributed by atoms with E-state index in [0.29, 0.717) is 22.2 Å². The molecule has 0 unspecified atom stereocenters. The molecule has 4 heterocycles. The fraction of sp³-hybridized carbons (Fsp3) is 0.227. The monoisotopic (exact) mass is 501 g/mol. The third-order valence-electron chi connectivity index (χ3n) is 6.16. The maximum absolute atomic E-state index is 13.0. The average molecular weight is 502 g/mol. The molecule has 4 aromatic heterocycles. The minimum absolute atomic E-state index is 0.00963. The molecular formula is C22H15ClF3N7O2. The Labute approximate surface area is 198 Å². The van der Waals surface area contributed by atoms with Crippen molar-refractivity contribution in [2.75, 3.05) is 0 Å². The number of halogens is 4. The Kier molecular flexibility index (Phi) is 4.65. The van der Waals surface area contributed by atoms with Crippen LogP contribution in [-0.4, -0.2) is 40.5 Å². The molecule has 2 atom stereocenters. The van der Waals surface area contributed by atoms with Crippen LogP contribution in [0.2, 0.25) is 5.15 Å². The van der Waals surface area contributed by atoms with E-state index < -0.39 is 24.0 Å². The Hall–Kier alpha value is -3.93. The molecule has 0 amide bonds. The number of aromatic amines is 2. The van der Waals surface area contributed by atoms with Crippen molar-refractivity contribution in [3.8, 4) is 11.3 Å². The summed E-state index contributed by atoms with van der Waals surface area (Å²) in [5.74, 6) is 0.0347. The highest BCUT2D eigenvalue weighted by atomic mass is 35.5. The van der Waals surface area contributed by atoms with E-state index in [4.69, 9.17) is 11.6 Å². The van der Waals surface area contributed by atoms with Gasteiger partial charge in [0.15, 0.2) is 10.8 Å². The summed E-state index contributed by atoms with van der Waals surface area (Å²) < 4.78 is 41.5. The third-order valence-corrected chi connectivity index (χ3v) is 6.44. The van der Waals surface area contributed by atoms with Crippen molar-refractivity contribution >= 4 is 28.2 Å². The zero-order chi connectivity index (χ0) is 24.5. The van der Waals surface area contributed by atoms with Crippen LogP contribution >= 0.6 is 11.6 Å². The molecule has 35 heavy (non-hydrogen) atoms. The van der Waals surface area contributed by atoms with Gasteiger partial charge in [0.2, 0.25) is 0 Å². The standard InChI is InChI=1S/C22H15ClF3N7O2/c23-18-11-2-1-10(5-17(11)33(31-18)9-22(24,25)26)12-6-13(12)14-7-16(30-32-4-3-27-19(14)32)15-8-28-21(35)29-20(15)34/h1-5,7-8,12-13H,6,9H2,(H2,28,29,34,35)/t12-,13+/m1/s1. The molecule has 5 aromatic rings. The minimum atomic E-state index is -4.43. The summed E-state index contributed by atoms with van der Waals surface area (Å²) in [5, 5.41) is 8.76. The molecule has 9 nitrogen and oxygen atoms in total. The van der Waals surface area contributed by atoms with Gasteiger partial charge < -0.3 is 4.98 Å². The molecular weight excluding hydrogens is 487 g/mol. The van der Waals surface area contributed by atoms with Crippen LogP contribution in [0.25, 0.3) is 27.8 Å². The molecule has 0 bridgehead atoms. The number of alkyl halides is 3. The van der Waals surface area contributed by atoms with E-state index in [9.17, 15) is 22.8 Å². The number of aromatic nitrogens is 7. The molecule has 178 valence electrons. The first-order valence-corrected chi connectivity index (χ1v) is 10.9. The first kappa shape index (κ1) is 21.6. The lowest BCUT2D eigenvalue weighted by atomic mass is 10.0. The second-order valence-electron chi connectivity index (χ2n) is 8.45. The van der Waals surface area contributed by atoms with Gasteiger partial charge in [-0.25, -0.2) is 14.3 Å². The Balaban J connectivity index is 1.40. The number of benzene rings is 1. The lowest BCUT2D eigenvalue weighted by Gasteiger charge is -2.09. The maximum Gasteiger partial charge on any atom is 0.408 e. The summed E-state index contributed by atoms with van der Waals surface area (Å²) in [6, 6.07) is 6.99. The molecule has 1 fully saturated rings. The van der Waals surface area contributed by atoms with Crippen LogP contribution in [0.1, 0.15) is 29.4 Å². The van der Waals surface area contributed by atoms with Crippen molar-refractivity contribution in [1.82, 2.24) is 34.3 Å². The highest BCUT2D eigenvalue weighted by molar-refractivity contribution is 6.34. The number of rotatable bonds is 4. The van der Waals surface area contributed by atoms with Crippen molar-refractivity contribution in [3.05, 3.63) is 80.0 Å². The first-order valence-electron chi connectivity index (χ1n) is 10.6. The summed E-state index contributed by atoms with van der Waals surface area (Å²) in [6.07, 6.45) is 0.859. The van der Waals surface area contributed by atoms with Gasteiger partial charge >= 0.3 is 11.9 Å². The fourth-order valence-corrected chi connectivity index (χ4v) is 4.78. The summed E-state index contributed by atoms with van der Waals surface area (Å²) in [5.41, 5.74) is 2.00. The van der Waals surface area contributed by atoms with Crippen LogP contribution < -0.4 is 11.2 Å². The highest BCUT2D eigenvalue weighted by Gasteiger charge is 2.42. The summed E-state index contributed by atoms with van der Waals surface area (Å²) in [6.45, 7) is -1.23.